The number of rotatable bonds is 4. The zero-order valence-corrected chi connectivity index (χ0v) is 9.31. The summed E-state index contributed by atoms with van der Waals surface area (Å²) in [5.74, 6) is -0.729. The van der Waals surface area contributed by atoms with E-state index < -0.39 is 5.97 Å². The molecule has 0 saturated heterocycles. The van der Waals surface area contributed by atoms with Crippen molar-refractivity contribution in [3.63, 3.8) is 0 Å². The molecule has 0 radical (unpaired) electrons. The fourth-order valence-corrected chi connectivity index (χ4v) is 2.04. The molecule has 0 bridgehead atoms. The van der Waals surface area contributed by atoms with E-state index in [-0.39, 0.29) is 6.42 Å². The fourth-order valence-electron chi connectivity index (χ4n) is 2.04. The summed E-state index contributed by atoms with van der Waals surface area (Å²) in [6.45, 7) is 2.84. The number of carboxylic acid groups (broad SMARTS) is 1. The van der Waals surface area contributed by atoms with Crippen LogP contribution in [0, 0.1) is 6.92 Å². The molecule has 0 amide bonds. The van der Waals surface area contributed by atoms with E-state index in [2.05, 4.69) is 29.7 Å². The highest BCUT2D eigenvalue weighted by Crippen LogP contribution is 2.19. The molecule has 0 atom stereocenters. The van der Waals surface area contributed by atoms with Gasteiger partial charge >= 0.3 is 5.97 Å². The lowest BCUT2D eigenvalue weighted by atomic mass is 10.2. The van der Waals surface area contributed by atoms with Crippen LogP contribution in [0.25, 0.3) is 10.9 Å². The van der Waals surface area contributed by atoms with E-state index in [1.54, 1.807) is 0 Å². The molecule has 1 aromatic heterocycles. The molecular formula is C13H15NO2. The lowest BCUT2D eigenvalue weighted by Crippen LogP contribution is -2.01. The molecule has 0 aliphatic carbocycles. The first-order valence-electron chi connectivity index (χ1n) is 5.45. The third-order valence-electron chi connectivity index (χ3n) is 2.78. The number of carbonyl (C=O) groups is 1. The van der Waals surface area contributed by atoms with Gasteiger partial charge in [-0.1, -0.05) is 18.2 Å². The minimum atomic E-state index is -0.729. The van der Waals surface area contributed by atoms with Crippen molar-refractivity contribution in [3.05, 3.63) is 36.0 Å². The predicted molar refractivity (Wildman–Crippen MR) is 63.5 cm³/mol. The Morgan fingerprint density at radius 3 is 2.94 bits per heavy atom. The SMILES string of the molecule is Cc1cccc2ccn(CCCC(=O)O)c12. The van der Waals surface area contributed by atoms with Gasteiger partial charge in [-0.3, -0.25) is 4.79 Å². The molecule has 0 aliphatic heterocycles. The van der Waals surface area contributed by atoms with Crippen LogP contribution in [0.4, 0.5) is 0 Å². The summed E-state index contributed by atoms with van der Waals surface area (Å²) in [7, 11) is 0. The number of carboxylic acids is 1. The zero-order chi connectivity index (χ0) is 11.5. The van der Waals surface area contributed by atoms with Crippen LogP contribution in [0.2, 0.25) is 0 Å². The van der Waals surface area contributed by atoms with Gasteiger partial charge in [0.05, 0.1) is 5.52 Å². The Labute approximate surface area is 94.3 Å². The average molecular weight is 217 g/mol. The van der Waals surface area contributed by atoms with Gasteiger partial charge < -0.3 is 9.67 Å². The second-order valence-electron chi connectivity index (χ2n) is 4.02. The van der Waals surface area contributed by atoms with E-state index in [0.717, 1.165) is 6.54 Å². The largest absolute Gasteiger partial charge is 0.481 e. The molecule has 2 rings (SSSR count). The van der Waals surface area contributed by atoms with Crippen LogP contribution in [0.5, 0.6) is 0 Å². The van der Waals surface area contributed by atoms with Gasteiger partial charge in [-0.15, -0.1) is 0 Å². The Morgan fingerprint density at radius 2 is 2.19 bits per heavy atom. The molecule has 2 aromatic rings. The normalized spacial score (nSPS) is 10.8. The third-order valence-corrected chi connectivity index (χ3v) is 2.78. The van der Waals surface area contributed by atoms with Gasteiger partial charge in [-0.25, -0.2) is 0 Å². The van der Waals surface area contributed by atoms with E-state index in [1.165, 1.54) is 16.5 Å². The number of nitrogens with zero attached hydrogens (tertiary/aromatic N) is 1. The van der Waals surface area contributed by atoms with Crippen LogP contribution in [0.3, 0.4) is 0 Å². The van der Waals surface area contributed by atoms with Crippen LogP contribution in [-0.4, -0.2) is 15.6 Å². The van der Waals surface area contributed by atoms with Gasteiger partial charge in [0.15, 0.2) is 0 Å². The van der Waals surface area contributed by atoms with Gasteiger partial charge in [0.2, 0.25) is 0 Å². The smallest absolute Gasteiger partial charge is 0.303 e. The van der Waals surface area contributed by atoms with Crippen molar-refractivity contribution in [1.29, 1.82) is 0 Å². The summed E-state index contributed by atoms with van der Waals surface area (Å²) < 4.78 is 2.13. The highest BCUT2D eigenvalue weighted by molar-refractivity contribution is 5.83. The van der Waals surface area contributed by atoms with Gasteiger partial charge in [-0.05, 0) is 30.4 Å². The van der Waals surface area contributed by atoms with Crippen LogP contribution in [0.1, 0.15) is 18.4 Å². The summed E-state index contributed by atoms with van der Waals surface area (Å²) in [4.78, 5) is 10.4. The number of para-hydroxylation sites is 1. The van der Waals surface area contributed by atoms with E-state index in [1.807, 2.05) is 12.3 Å². The Hall–Kier alpha value is -1.77. The van der Waals surface area contributed by atoms with Crippen molar-refractivity contribution in [1.82, 2.24) is 4.57 Å². The van der Waals surface area contributed by atoms with Crippen LogP contribution in [0.15, 0.2) is 30.5 Å². The molecule has 1 heterocycles. The maximum atomic E-state index is 10.4. The van der Waals surface area contributed by atoms with Crippen molar-refractivity contribution >= 4 is 16.9 Å². The Bertz CT molecular complexity index is 514. The van der Waals surface area contributed by atoms with Crippen molar-refractivity contribution in [2.75, 3.05) is 0 Å². The van der Waals surface area contributed by atoms with Crippen molar-refractivity contribution < 1.29 is 9.90 Å². The topological polar surface area (TPSA) is 42.2 Å². The van der Waals surface area contributed by atoms with Crippen LogP contribution in [-0.2, 0) is 11.3 Å². The number of aliphatic carboxylic acids is 1. The van der Waals surface area contributed by atoms with Gasteiger partial charge in [-0.2, -0.15) is 0 Å². The molecule has 3 nitrogen and oxygen atoms in total. The molecule has 1 N–H and O–H groups in total. The predicted octanol–water partition coefficient (Wildman–Crippen LogP) is 2.81. The first-order chi connectivity index (χ1) is 7.68. The fraction of sp³-hybridized carbons (Fsp3) is 0.308. The number of aromatic nitrogens is 1. The molecule has 84 valence electrons. The molecule has 0 fully saturated rings. The minimum absolute atomic E-state index is 0.228. The van der Waals surface area contributed by atoms with Crippen LogP contribution >= 0.6 is 0 Å². The molecule has 0 saturated carbocycles. The Morgan fingerprint density at radius 1 is 1.38 bits per heavy atom. The molecule has 0 spiro atoms. The molecule has 3 heteroatoms. The molecule has 0 unspecified atom stereocenters. The lowest BCUT2D eigenvalue weighted by Gasteiger charge is -2.06. The first-order valence-corrected chi connectivity index (χ1v) is 5.45. The van der Waals surface area contributed by atoms with E-state index >= 15 is 0 Å². The van der Waals surface area contributed by atoms with Gasteiger partial charge in [0.25, 0.3) is 0 Å². The van der Waals surface area contributed by atoms with Crippen molar-refractivity contribution in [2.24, 2.45) is 0 Å². The molecule has 0 aliphatic rings. The Balaban J connectivity index is 2.21. The van der Waals surface area contributed by atoms with E-state index in [4.69, 9.17) is 5.11 Å². The lowest BCUT2D eigenvalue weighted by molar-refractivity contribution is -0.137. The number of hydrogen-bond donors (Lipinski definition) is 1. The highest BCUT2D eigenvalue weighted by Gasteiger charge is 2.04. The summed E-state index contributed by atoms with van der Waals surface area (Å²) >= 11 is 0. The maximum Gasteiger partial charge on any atom is 0.303 e. The average Bonchev–Trinajstić information content (AvgIpc) is 2.62. The molecule has 1 aromatic carbocycles. The standard InChI is InChI=1S/C13H15NO2/c1-10-4-2-5-11-7-9-14(13(10)11)8-3-6-12(15)16/h2,4-5,7,9H,3,6,8H2,1H3,(H,15,16). The second kappa shape index (κ2) is 4.39. The maximum absolute atomic E-state index is 10.4. The summed E-state index contributed by atoms with van der Waals surface area (Å²) in [5, 5.41) is 9.82. The summed E-state index contributed by atoms with van der Waals surface area (Å²) in [5.41, 5.74) is 2.45. The summed E-state index contributed by atoms with van der Waals surface area (Å²) in [6.07, 6.45) is 2.93. The van der Waals surface area contributed by atoms with Crippen LogP contribution < -0.4 is 0 Å². The second-order valence-corrected chi connectivity index (χ2v) is 4.02. The minimum Gasteiger partial charge on any atom is -0.481 e. The van der Waals surface area contributed by atoms with E-state index in [0.29, 0.717) is 6.42 Å². The highest BCUT2D eigenvalue weighted by atomic mass is 16.4. The quantitative estimate of drug-likeness (QED) is 0.855. The number of aryl methyl sites for hydroxylation is 2. The number of hydrogen-bond acceptors (Lipinski definition) is 1. The molecular weight excluding hydrogens is 202 g/mol. The molecule has 16 heavy (non-hydrogen) atoms. The van der Waals surface area contributed by atoms with Gasteiger partial charge in [0, 0.05) is 19.2 Å². The van der Waals surface area contributed by atoms with Crippen molar-refractivity contribution in [2.45, 2.75) is 26.3 Å². The number of fused-ring (bicyclic) bond motifs is 1. The monoisotopic (exact) mass is 217 g/mol. The number of benzene rings is 1. The van der Waals surface area contributed by atoms with Gasteiger partial charge in [0.1, 0.15) is 0 Å². The van der Waals surface area contributed by atoms with Crippen molar-refractivity contribution in [3.8, 4) is 0 Å². The third kappa shape index (κ3) is 2.08. The summed E-state index contributed by atoms with van der Waals surface area (Å²) in [6, 6.07) is 8.27. The Kier molecular flexibility index (Phi) is 2.95. The van der Waals surface area contributed by atoms with E-state index in [9.17, 15) is 4.79 Å². The first kappa shape index (κ1) is 10.7. The zero-order valence-electron chi connectivity index (χ0n) is 9.31.